The van der Waals surface area contributed by atoms with Crippen LogP contribution in [0.15, 0.2) is 0 Å². The Morgan fingerprint density at radius 2 is 1.65 bits per heavy atom. The Morgan fingerprint density at radius 1 is 1.05 bits per heavy atom. The lowest BCUT2D eigenvalue weighted by molar-refractivity contribution is -0.133. The van der Waals surface area contributed by atoms with Crippen LogP contribution in [0.4, 0.5) is 0 Å². The van der Waals surface area contributed by atoms with Crippen molar-refractivity contribution >= 4 is 0 Å². The highest BCUT2D eigenvalue weighted by Crippen LogP contribution is 2.40. The zero-order valence-electron chi connectivity index (χ0n) is 13.9. The van der Waals surface area contributed by atoms with Crippen molar-refractivity contribution in [3.05, 3.63) is 0 Å². The van der Waals surface area contributed by atoms with E-state index in [4.69, 9.17) is 10.5 Å². The molecule has 2 atom stereocenters. The molecule has 0 aromatic rings. The van der Waals surface area contributed by atoms with Gasteiger partial charge in [0.25, 0.3) is 0 Å². The minimum atomic E-state index is 0.00564. The molecule has 2 saturated carbocycles. The number of rotatable bonds is 5. The van der Waals surface area contributed by atoms with Gasteiger partial charge >= 0.3 is 0 Å². The summed E-state index contributed by atoms with van der Waals surface area (Å²) < 4.78 is 6.61. The number of nitrogens with two attached hydrogens (primary N) is 1. The van der Waals surface area contributed by atoms with Crippen LogP contribution < -0.4 is 5.73 Å². The van der Waals surface area contributed by atoms with Gasteiger partial charge in [-0.1, -0.05) is 33.6 Å². The van der Waals surface area contributed by atoms with Gasteiger partial charge in [0.2, 0.25) is 0 Å². The van der Waals surface area contributed by atoms with E-state index < -0.39 is 0 Å². The summed E-state index contributed by atoms with van der Waals surface area (Å²) >= 11 is 0. The molecule has 0 aliphatic heterocycles. The smallest absolute Gasteiger partial charge is 0.0808 e. The van der Waals surface area contributed by atoms with E-state index in [1.165, 1.54) is 57.8 Å². The lowest BCUT2D eigenvalue weighted by Gasteiger charge is -2.44. The molecule has 2 rings (SSSR count). The molecule has 0 radical (unpaired) electrons. The molecule has 2 aliphatic rings. The second-order valence-electron chi connectivity index (χ2n) is 7.78. The minimum Gasteiger partial charge on any atom is -0.370 e. The van der Waals surface area contributed by atoms with E-state index in [0.29, 0.717) is 12.6 Å². The third-order valence-electron chi connectivity index (χ3n) is 5.64. The maximum absolute atomic E-state index is 6.61. The van der Waals surface area contributed by atoms with Crippen LogP contribution in [-0.2, 0) is 4.74 Å². The van der Waals surface area contributed by atoms with Crippen molar-refractivity contribution in [1.82, 2.24) is 0 Å². The SMILES string of the molecule is CCCC1CCC(CN)(OC2CC(C)CC(C)C2)CC1. The van der Waals surface area contributed by atoms with Gasteiger partial charge < -0.3 is 10.5 Å². The molecule has 2 fully saturated rings. The first-order valence-corrected chi connectivity index (χ1v) is 8.94. The normalized spacial score (nSPS) is 42.6. The molecule has 2 heteroatoms. The molecule has 0 spiro atoms. The molecule has 20 heavy (non-hydrogen) atoms. The lowest BCUT2D eigenvalue weighted by Crippen LogP contribution is -2.47. The monoisotopic (exact) mass is 281 g/mol. The third kappa shape index (κ3) is 4.21. The summed E-state index contributed by atoms with van der Waals surface area (Å²) in [5.74, 6) is 2.55. The van der Waals surface area contributed by atoms with Crippen molar-refractivity contribution in [2.75, 3.05) is 6.54 Å². The van der Waals surface area contributed by atoms with E-state index in [1.807, 2.05) is 0 Å². The van der Waals surface area contributed by atoms with E-state index >= 15 is 0 Å². The molecule has 0 bridgehead atoms. The van der Waals surface area contributed by atoms with Gasteiger partial charge in [-0.15, -0.1) is 0 Å². The van der Waals surface area contributed by atoms with Gasteiger partial charge in [-0.25, -0.2) is 0 Å². The Kier molecular flexibility index (Phi) is 5.92. The molecule has 2 unspecified atom stereocenters. The molecule has 118 valence electrons. The third-order valence-corrected chi connectivity index (χ3v) is 5.64. The van der Waals surface area contributed by atoms with Crippen molar-refractivity contribution in [3.8, 4) is 0 Å². The van der Waals surface area contributed by atoms with Gasteiger partial charge in [-0.2, -0.15) is 0 Å². The average molecular weight is 281 g/mol. The van der Waals surface area contributed by atoms with Crippen LogP contribution in [0.3, 0.4) is 0 Å². The lowest BCUT2D eigenvalue weighted by atomic mass is 9.76. The predicted molar refractivity (Wildman–Crippen MR) is 85.7 cm³/mol. The van der Waals surface area contributed by atoms with Crippen molar-refractivity contribution in [3.63, 3.8) is 0 Å². The fourth-order valence-electron chi connectivity index (χ4n) is 4.59. The van der Waals surface area contributed by atoms with Gasteiger partial charge in [0.1, 0.15) is 0 Å². The second kappa shape index (κ2) is 7.26. The fraction of sp³-hybridized carbons (Fsp3) is 1.00. The van der Waals surface area contributed by atoms with Crippen molar-refractivity contribution < 1.29 is 4.74 Å². The molecule has 2 nitrogen and oxygen atoms in total. The summed E-state index contributed by atoms with van der Waals surface area (Å²) in [5.41, 5.74) is 6.12. The van der Waals surface area contributed by atoms with Crippen molar-refractivity contribution in [2.24, 2.45) is 23.5 Å². The summed E-state index contributed by atoms with van der Waals surface area (Å²) in [6.07, 6.45) is 12.0. The predicted octanol–water partition coefficient (Wildman–Crippen LogP) is 4.52. The van der Waals surface area contributed by atoms with Crippen LogP contribution in [0.25, 0.3) is 0 Å². The number of hydrogen-bond donors (Lipinski definition) is 1. The average Bonchev–Trinajstić information content (AvgIpc) is 2.40. The van der Waals surface area contributed by atoms with Crippen LogP contribution in [0, 0.1) is 17.8 Å². The van der Waals surface area contributed by atoms with Crippen LogP contribution in [0.1, 0.15) is 78.6 Å². The van der Waals surface area contributed by atoms with Gasteiger partial charge in [-0.3, -0.25) is 0 Å². The highest BCUT2D eigenvalue weighted by atomic mass is 16.5. The van der Waals surface area contributed by atoms with E-state index in [9.17, 15) is 0 Å². The van der Waals surface area contributed by atoms with Gasteiger partial charge in [0, 0.05) is 6.54 Å². The van der Waals surface area contributed by atoms with Crippen LogP contribution in [-0.4, -0.2) is 18.2 Å². The Balaban J connectivity index is 1.88. The first-order chi connectivity index (χ1) is 9.57. The Bertz CT molecular complexity index is 273. The summed E-state index contributed by atoms with van der Waals surface area (Å²) in [7, 11) is 0. The molecule has 2 N–H and O–H groups in total. The van der Waals surface area contributed by atoms with Gasteiger partial charge in [0.15, 0.2) is 0 Å². The fourth-order valence-corrected chi connectivity index (χ4v) is 4.59. The molecule has 2 aliphatic carbocycles. The van der Waals surface area contributed by atoms with Crippen molar-refractivity contribution in [2.45, 2.75) is 90.3 Å². The van der Waals surface area contributed by atoms with Crippen LogP contribution in [0.2, 0.25) is 0 Å². The van der Waals surface area contributed by atoms with Crippen molar-refractivity contribution in [1.29, 1.82) is 0 Å². The summed E-state index contributed by atoms with van der Waals surface area (Å²) in [5, 5.41) is 0. The largest absolute Gasteiger partial charge is 0.370 e. The highest BCUT2D eigenvalue weighted by Gasteiger charge is 2.38. The van der Waals surface area contributed by atoms with Crippen LogP contribution in [0.5, 0.6) is 0 Å². The first kappa shape index (κ1) is 16.3. The standard InChI is InChI=1S/C18H35NO/c1-4-5-16-6-8-18(13-19,9-7-16)20-17-11-14(2)10-15(3)12-17/h14-17H,4-13,19H2,1-3H3. The first-order valence-electron chi connectivity index (χ1n) is 8.94. The minimum absolute atomic E-state index is 0.00564. The van der Waals surface area contributed by atoms with Gasteiger partial charge in [-0.05, 0) is 62.7 Å². The zero-order valence-corrected chi connectivity index (χ0v) is 13.9. The quantitative estimate of drug-likeness (QED) is 0.804. The van der Waals surface area contributed by atoms with E-state index in [-0.39, 0.29) is 5.60 Å². The van der Waals surface area contributed by atoms with E-state index in [1.54, 1.807) is 0 Å². The van der Waals surface area contributed by atoms with Crippen LogP contribution >= 0.6 is 0 Å². The summed E-state index contributed by atoms with van der Waals surface area (Å²) in [4.78, 5) is 0. The second-order valence-corrected chi connectivity index (χ2v) is 7.78. The maximum Gasteiger partial charge on any atom is 0.0808 e. The molecule has 0 heterocycles. The molecule has 0 amide bonds. The maximum atomic E-state index is 6.61. The molecular weight excluding hydrogens is 246 g/mol. The highest BCUT2D eigenvalue weighted by molar-refractivity contribution is 4.90. The van der Waals surface area contributed by atoms with Gasteiger partial charge in [0.05, 0.1) is 11.7 Å². The Labute approximate surface area is 125 Å². The Hall–Kier alpha value is -0.0800. The zero-order chi connectivity index (χ0) is 14.6. The molecule has 0 aromatic carbocycles. The molecule has 0 aromatic heterocycles. The van der Waals surface area contributed by atoms with E-state index in [0.717, 1.165) is 17.8 Å². The molecule has 0 saturated heterocycles. The topological polar surface area (TPSA) is 35.2 Å². The summed E-state index contributed by atoms with van der Waals surface area (Å²) in [6, 6.07) is 0. The molecular formula is C18H35NO. The Morgan fingerprint density at radius 3 is 2.15 bits per heavy atom. The van der Waals surface area contributed by atoms with E-state index in [2.05, 4.69) is 20.8 Å². The number of hydrogen-bond acceptors (Lipinski definition) is 2. The number of ether oxygens (including phenoxy) is 1. The summed E-state index contributed by atoms with van der Waals surface area (Å²) in [6.45, 7) is 7.76.